The third-order valence-corrected chi connectivity index (χ3v) is 7.69. The summed E-state index contributed by atoms with van der Waals surface area (Å²) in [5.74, 6) is 0. The number of aryl methyl sites for hydroxylation is 1. The van der Waals surface area contributed by atoms with Gasteiger partial charge in [0.1, 0.15) is 0 Å². The molecular formula is C33H35N. The summed E-state index contributed by atoms with van der Waals surface area (Å²) in [6.07, 6.45) is 1.13. The highest BCUT2D eigenvalue weighted by atomic mass is 15.1. The Kier molecular flexibility index (Phi) is 5.60. The molecule has 0 N–H and O–H groups in total. The number of anilines is 2. The first-order valence-electron chi connectivity index (χ1n) is 12.5. The Balaban J connectivity index is 1.52. The molecule has 0 bridgehead atoms. The minimum absolute atomic E-state index is 0.0394. The van der Waals surface area contributed by atoms with Gasteiger partial charge in [0.05, 0.1) is 0 Å². The van der Waals surface area contributed by atoms with Gasteiger partial charge in [-0.2, -0.15) is 0 Å². The molecule has 34 heavy (non-hydrogen) atoms. The average Bonchev–Trinajstić information content (AvgIpc) is 3.06. The molecule has 0 saturated heterocycles. The second-order valence-corrected chi connectivity index (χ2v) is 10.6. The zero-order valence-electron chi connectivity index (χ0n) is 21.1. The molecule has 0 spiro atoms. The number of hydrogen-bond donors (Lipinski definition) is 0. The summed E-state index contributed by atoms with van der Waals surface area (Å²) in [5.41, 5.74) is 10.9. The van der Waals surface area contributed by atoms with Gasteiger partial charge < -0.3 is 4.90 Å². The Bertz CT molecular complexity index is 1300. The van der Waals surface area contributed by atoms with Gasteiger partial charge in [-0.05, 0) is 77.8 Å². The smallest absolute Gasteiger partial charge is 0.0413 e. The van der Waals surface area contributed by atoms with Gasteiger partial charge in [-0.15, -0.1) is 0 Å². The van der Waals surface area contributed by atoms with E-state index in [0.29, 0.717) is 0 Å². The summed E-state index contributed by atoms with van der Waals surface area (Å²) >= 11 is 0. The average molecular weight is 446 g/mol. The van der Waals surface area contributed by atoms with Crippen molar-refractivity contribution in [2.75, 3.05) is 11.4 Å². The van der Waals surface area contributed by atoms with E-state index in [9.17, 15) is 0 Å². The third kappa shape index (κ3) is 3.84. The first-order chi connectivity index (χ1) is 16.3. The predicted molar refractivity (Wildman–Crippen MR) is 146 cm³/mol. The van der Waals surface area contributed by atoms with E-state index in [4.69, 9.17) is 0 Å². The first kappa shape index (κ1) is 22.5. The van der Waals surface area contributed by atoms with Crippen LogP contribution in [-0.2, 0) is 10.8 Å². The molecule has 1 atom stereocenters. The van der Waals surface area contributed by atoms with Crippen LogP contribution in [-0.4, -0.2) is 6.54 Å². The molecule has 0 aliphatic heterocycles. The molecule has 4 aromatic carbocycles. The van der Waals surface area contributed by atoms with Crippen molar-refractivity contribution in [3.63, 3.8) is 0 Å². The molecule has 0 saturated carbocycles. The van der Waals surface area contributed by atoms with E-state index < -0.39 is 0 Å². The molecule has 0 amide bonds. The molecule has 1 aliphatic rings. The van der Waals surface area contributed by atoms with E-state index in [1.54, 1.807) is 0 Å². The Labute approximate surface area is 205 Å². The standard InChI is InChI=1S/C33H35N/c1-6-34(28-17-15-26(16-18-28)25-12-8-7-9-13-25)29-19-20-30-31(22-29)32(3,4)23-33(30,5)27-14-10-11-24(2)21-27/h7-22H,6,23H2,1-5H3. The highest BCUT2D eigenvalue weighted by molar-refractivity contribution is 5.71. The van der Waals surface area contributed by atoms with Gasteiger partial charge in [0.15, 0.2) is 0 Å². The summed E-state index contributed by atoms with van der Waals surface area (Å²) in [5, 5.41) is 0. The van der Waals surface area contributed by atoms with E-state index in [0.717, 1.165) is 13.0 Å². The van der Waals surface area contributed by atoms with Crippen molar-refractivity contribution in [2.24, 2.45) is 0 Å². The summed E-state index contributed by atoms with van der Waals surface area (Å²) in [6, 6.07) is 35.8. The molecular weight excluding hydrogens is 410 g/mol. The van der Waals surface area contributed by atoms with Crippen molar-refractivity contribution in [1.82, 2.24) is 0 Å². The van der Waals surface area contributed by atoms with E-state index in [1.165, 1.54) is 44.8 Å². The fraction of sp³-hybridized carbons (Fsp3) is 0.273. The van der Waals surface area contributed by atoms with E-state index in [-0.39, 0.29) is 10.8 Å². The van der Waals surface area contributed by atoms with Crippen molar-refractivity contribution in [2.45, 2.75) is 51.9 Å². The lowest BCUT2D eigenvalue weighted by atomic mass is 9.75. The summed E-state index contributed by atoms with van der Waals surface area (Å²) in [4.78, 5) is 2.42. The zero-order valence-corrected chi connectivity index (χ0v) is 21.1. The highest BCUT2D eigenvalue weighted by Crippen LogP contribution is 2.53. The van der Waals surface area contributed by atoms with Crippen LogP contribution in [0.3, 0.4) is 0 Å². The van der Waals surface area contributed by atoms with Crippen LogP contribution in [0.2, 0.25) is 0 Å². The molecule has 4 aromatic rings. The van der Waals surface area contributed by atoms with Crippen molar-refractivity contribution >= 4 is 11.4 Å². The Hall–Kier alpha value is -3.32. The first-order valence-corrected chi connectivity index (χ1v) is 12.5. The lowest BCUT2D eigenvalue weighted by Gasteiger charge is -2.29. The fourth-order valence-corrected chi connectivity index (χ4v) is 6.04. The minimum Gasteiger partial charge on any atom is -0.342 e. The normalized spacial score (nSPS) is 18.5. The number of rotatable bonds is 5. The Morgan fingerprint density at radius 3 is 2.03 bits per heavy atom. The molecule has 5 rings (SSSR count). The molecule has 172 valence electrons. The number of fused-ring (bicyclic) bond motifs is 1. The quantitative estimate of drug-likeness (QED) is 0.297. The van der Waals surface area contributed by atoms with Gasteiger partial charge in [-0.1, -0.05) is 99.1 Å². The summed E-state index contributed by atoms with van der Waals surface area (Å²) in [6.45, 7) is 12.6. The number of benzene rings is 4. The molecule has 0 radical (unpaired) electrons. The zero-order chi connectivity index (χ0) is 23.9. The molecule has 0 fully saturated rings. The van der Waals surface area contributed by atoms with Crippen LogP contribution in [0.1, 0.15) is 56.4 Å². The highest BCUT2D eigenvalue weighted by Gasteiger charge is 2.45. The number of hydrogen-bond acceptors (Lipinski definition) is 1. The SMILES string of the molecule is CCN(c1ccc(-c2ccccc2)cc1)c1ccc2c(c1)C(C)(C)CC2(C)c1cccc(C)c1. The number of nitrogens with zero attached hydrogens (tertiary/aromatic N) is 1. The van der Waals surface area contributed by atoms with Gasteiger partial charge >= 0.3 is 0 Å². The predicted octanol–water partition coefficient (Wildman–Crippen LogP) is 8.81. The topological polar surface area (TPSA) is 3.24 Å². The Morgan fingerprint density at radius 1 is 0.676 bits per heavy atom. The lowest BCUT2D eigenvalue weighted by Crippen LogP contribution is -2.23. The van der Waals surface area contributed by atoms with Crippen LogP contribution in [0.25, 0.3) is 11.1 Å². The minimum atomic E-state index is 0.0394. The second-order valence-electron chi connectivity index (χ2n) is 10.6. The fourth-order valence-electron chi connectivity index (χ4n) is 6.04. The molecule has 1 unspecified atom stereocenters. The van der Waals surface area contributed by atoms with Gasteiger partial charge in [0.25, 0.3) is 0 Å². The molecule has 1 heteroatoms. The van der Waals surface area contributed by atoms with Crippen LogP contribution in [0.4, 0.5) is 11.4 Å². The van der Waals surface area contributed by atoms with Crippen LogP contribution in [0, 0.1) is 6.92 Å². The van der Waals surface area contributed by atoms with E-state index in [1.807, 2.05) is 0 Å². The van der Waals surface area contributed by atoms with Crippen LogP contribution in [0.5, 0.6) is 0 Å². The van der Waals surface area contributed by atoms with Gasteiger partial charge in [0.2, 0.25) is 0 Å². The molecule has 1 aliphatic carbocycles. The van der Waals surface area contributed by atoms with Crippen molar-refractivity contribution < 1.29 is 0 Å². The Morgan fingerprint density at radius 2 is 1.35 bits per heavy atom. The van der Waals surface area contributed by atoms with Crippen molar-refractivity contribution in [3.8, 4) is 11.1 Å². The second kappa shape index (κ2) is 8.47. The van der Waals surface area contributed by atoms with Crippen LogP contribution in [0.15, 0.2) is 97.1 Å². The third-order valence-electron chi connectivity index (χ3n) is 7.69. The molecule has 0 aromatic heterocycles. The van der Waals surface area contributed by atoms with Gasteiger partial charge in [0, 0.05) is 23.3 Å². The van der Waals surface area contributed by atoms with Crippen LogP contribution < -0.4 is 4.90 Å². The summed E-state index contributed by atoms with van der Waals surface area (Å²) < 4.78 is 0. The van der Waals surface area contributed by atoms with Gasteiger partial charge in [-0.3, -0.25) is 0 Å². The van der Waals surface area contributed by atoms with Gasteiger partial charge in [-0.25, -0.2) is 0 Å². The van der Waals surface area contributed by atoms with E-state index in [2.05, 4.69) is 137 Å². The lowest BCUT2D eigenvalue weighted by molar-refractivity contribution is 0.425. The molecule has 1 nitrogen and oxygen atoms in total. The van der Waals surface area contributed by atoms with E-state index >= 15 is 0 Å². The maximum atomic E-state index is 2.45. The van der Waals surface area contributed by atoms with Crippen molar-refractivity contribution in [3.05, 3.63) is 119 Å². The maximum absolute atomic E-state index is 2.45. The van der Waals surface area contributed by atoms with Crippen molar-refractivity contribution in [1.29, 1.82) is 0 Å². The van der Waals surface area contributed by atoms with Crippen LogP contribution >= 0.6 is 0 Å². The maximum Gasteiger partial charge on any atom is 0.0413 e. The molecule has 0 heterocycles. The summed E-state index contributed by atoms with van der Waals surface area (Å²) in [7, 11) is 0. The monoisotopic (exact) mass is 445 g/mol. The largest absolute Gasteiger partial charge is 0.342 e.